The van der Waals surface area contributed by atoms with Crippen molar-refractivity contribution in [2.75, 3.05) is 0 Å². The summed E-state index contributed by atoms with van der Waals surface area (Å²) in [6.07, 6.45) is 28.0. The van der Waals surface area contributed by atoms with E-state index in [0.717, 1.165) is 57.8 Å². The van der Waals surface area contributed by atoms with Crippen LogP contribution in [-0.2, 0) is 157 Å². The van der Waals surface area contributed by atoms with E-state index < -0.39 is 0 Å². The number of hydrogen-bond donors (Lipinski definition) is 0. The van der Waals surface area contributed by atoms with Gasteiger partial charge in [0.25, 0.3) is 0 Å². The van der Waals surface area contributed by atoms with E-state index in [9.17, 15) is 19.2 Å². The number of allylic oxidation sites excluding steroid dienone is 10. The van der Waals surface area contributed by atoms with Gasteiger partial charge in [-0.3, -0.25) is 19.2 Å². The normalized spacial score (nSPS) is 28.1. The number of ketones is 4. The van der Waals surface area contributed by atoms with Gasteiger partial charge in [0.1, 0.15) is 5.78 Å². The number of Topliss-reactive ketones (excluding diaryl/α,β-unsaturated/α-hetero) is 1. The van der Waals surface area contributed by atoms with Crippen LogP contribution >= 0.6 is 0 Å². The Hall–Kier alpha value is 0.420. The minimum Gasteiger partial charge on any atom is -0.299 e. The maximum atomic E-state index is 12.4. The van der Waals surface area contributed by atoms with Crippen LogP contribution in [0.3, 0.4) is 0 Å². The highest BCUT2D eigenvalue weighted by Gasteiger charge is 2.45. The van der Waals surface area contributed by atoms with Gasteiger partial charge in [-0.25, -0.2) is 0 Å². The molecule has 0 spiro atoms. The van der Waals surface area contributed by atoms with Crippen molar-refractivity contribution in [2.24, 2.45) is 47.3 Å². The zero-order chi connectivity index (χ0) is 38.3. The zero-order valence-corrected chi connectivity index (χ0v) is 40.9. The molecule has 0 aliphatic heterocycles. The maximum absolute atomic E-state index is 12.4. The highest BCUT2D eigenvalue weighted by Crippen LogP contribution is 2.44. The molecule has 0 aromatic carbocycles. The van der Waals surface area contributed by atoms with Crippen LogP contribution in [0, 0.1) is 47.3 Å². The molecule has 54 heavy (non-hydrogen) atoms. The van der Waals surface area contributed by atoms with E-state index in [-0.39, 0.29) is 60.3 Å². The largest absolute Gasteiger partial charge is 0.299 e. The third-order valence-corrected chi connectivity index (χ3v) is 36.3. The van der Waals surface area contributed by atoms with Gasteiger partial charge < -0.3 is 0 Å². The van der Waals surface area contributed by atoms with Crippen molar-refractivity contribution < 1.29 is 19.2 Å². The fourth-order valence-corrected chi connectivity index (χ4v) is 37.9. The summed E-state index contributed by atoms with van der Waals surface area (Å²) >= 11 is 9.45. The molecule has 0 unspecified atom stereocenters. The van der Waals surface area contributed by atoms with Crippen molar-refractivity contribution in [1.82, 2.24) is 0 Å². The first-order chi connectivity index (χ1) is 25.9. The molecule has 0 saturated heterocycles. The SMILES string of the molecule is C.C=CC[C@@H]1CC=CC(=O)[C@H]1[C@@H]1C(=O)C=CC[C@H]1CC=C.O=C1C=CC[C@H]2C/C=C\C[C@@H]3CCCC(=O)[C@H]3[C@H]12.S=S=S=S=S=S=S=S=S=S=S=S=S=S=S. The molecular formula is C35H46O4S15. The Balaban J connectivity index is 0.000000281. The Morgan fingerprint density at radius 1 is 0.537 bits per heavy atom. The standard InChI is InChI=1S/C18H22O2.C16H20O2.CH4.S15/c1-3-7-13-9-5-11-15(19)17(13)18-14(8-4-2)10-6-12-16(18)20;17-13-9-3-7-11-5-1-2-6-12-8-4-10-14(18)16(12)15(11)13;;1-3-5-7-9-11-13-15-14-12-10-8-6-4-2/h3-6,11-14,17-18H,1-2,7-10H2;1-3,9,11-12,15-16H,4-8,10H2;1H4;/b;2-1-;;/t13-,14-,17+,18+;11-,12-,15+,16+;;/m11../s1. The summed E-state index contributed by atoms with van der Waals surface area (Å²) in [5.74, 6) is 1.52. The monoisotopic (exact) mass is 1010 g/mol. The van der Waals surface area contributed by atoms with E-state index in [1.165, 1.54) is 17.8 Å². The molecule has 0 bridgehead atoms. The van der Waals surface area contributed by atoms with Gasteiger partial charge in [-0.15, -0.1) is 13.2 Å². The van der Waals surface area contributed by atoms with E-state index in [4.69, 9.17) is 22.4 Å². The molecule has 1 saturated carbocycles. The molecule has 1 fully saturated rings. The summed E-state index contributed by atoms with van der Waals surface area (Å²) in [5, 5.41) is 0. The van der Waals surface area contributed by atoms with Crippen LogP contribution < -0.4 is 0 Å². The average molecular weight is 1010 g/mol. The Morgan fingerprint density at radius 3 is 1.37 bits per heavy atom. The third kappa shape index (κ3) is 17.3. The quantitative estimate of drug-likeness (QED) is 0.269. The molecule has 19 heteroatoms. The smallest absolute Gasteiger partial charge is 0.159 e. The number of fused-ring (bicyclic) bond motifs is 3. The van der Waals surface area contributed by atoms with Gasteiger partial charge in [-0.2, -0.15) is 0 Å². The summed E-state index contributed by atoms with van der Waals surface area (Å²) in [7, 11) is 21.7. The molecule has 0 heterocycles. The second-order valence-corrected chi connectivity index (χ2v) is 35.5. The molecule has 5 aliphatic rings. The third-order valence-electron chi connectivity index (χ3n) is 9.64. The van der Waals surface area contributed by atoms with Crippen molar-refractivity contribution in [2.45, 2.75) is 71.6 Å². The van der Waals surface area contributed by atoms with Gasteiger partial charge in [0.2, 0.25) is 0 Å². The fraction of sp³-hybridized carbons (Fsp3) is 0.543. The molecular weight excluding hydrogens is 965 g/mol. The maximum Gasteiger partial charge on any atom is 0.159 e. The molecule has 0 N–H and O–H groups in total. The van der Waals surface area contributed by atoms with E-state index in [1.807, 2.05) is 30.4 Å². The van der Waals surface area contributed by atoms with Gasteiger partial charge >= 0.3 is 0 Å². The predicted molar refractivity (Wildman–Crippen MR) is 268 cm³/mol. The molecule has 5 aliphatic carbocycles. The lowest BCUT2D eigenvalue weighted by molar-refractivity contribution is -0.137. The first-order valence-corrected chi connectivity index (χ1v) is 35.5. The van der Waals surface area contributed by atoms with Crippen LogP contribution in [0.5, 0.6) is 0 Å². The van der Waals surface area contributed by atoms with Gasteiger partial charge in [-0.1, -0.05) is 50.0 Å². The van der Waals surface area contributed by atoms with Gasteiger partial charge in [0, 0.05) is 168 Å². The number of rotatable bonds is 5. The molecule has 300 valence electrons. The van der Waals surface area contributed by atoms with Crippen LogP contribution in [0.4, 0.5) is 0 Å². The van der Waals surface area contributed by atoms with Crippen LogP contribution in [0.25, 0.3) is 0 Å². The molecule has 0 radical (unpaired) electrons. The summed E-state index contributed by atoms with van der Waals surface area (Å²) in [6, 6.07) is 0. The minimum atomic E-state index is -0.194. The lowest BCUT2D eigenvalue weighted by atomic mass is 9.62. The Bertz CT molecular complexity index is 1990. The van der Waals surface area contributed by atoms with Crippen molar-refractivity contribution in [1.29, 1.82) is 0 Å². The highest BCUT2D eigenvalue weighted by atomic mass is 33.5. The summed E-state index contributed by atoms with van der Waals surface area (Å²) in [5.41, 5.74) is 0. The summed E-state index contributed by atoms with van der Waals surface area (Å²) in [4.78, 5) is 49.2. The predicted octanol–water partition coefficient (Wildman–Crippen LogP) is 7.34. The van der Waals surface area contributed by atoms with Gasteiger partial charge in [0.15, 0.2) is 17.3 Å². The molecule has 8 atom stereocenters. The topological polar surface area (TPSA) is 68.3 Å². The van der Waals surface area contributed by atoms with E-state index in [1.54, 1.807) is 116 Å². The zero-order valence-electron chi connectivity index (χ0n) is 28.6. The Morgan fingerprint density at radius 2 is 0.926 bits per heavy atom. The Labute approximate surface area is 368 Å². The number of carbonyl (C=O) groups is 4. The average Bonchev–Trinajstić information content (AvgIpc) is 3.13. The van der Waals surface area contributed by atoms with Crippen molar-refractivity contribution in [3.05, 3.63) is 73.9 Å². The van der Waals surface area contributed by atoms with E-state index in [2.05, 4.69) is 25.3 Å². The van der Waals surface area contributed by atoms with Crippen molar-refractivity contribution in [3.8, 4) is 0 Å². The van der Waals surface area contributed by atoms with Crippen LogP contribution in [0.2, 0.25) is 0 Å². The summed E-state index contributed by atoms with van der Waals surface area (Å²) in [6.45, 7) is 7.57. The second-order valence-electron chi connectivity index (χ2n) is 12.5. The molecule has 0 aromatic heterocycles. The minimum absolute atomic E-state index is 0. The molecule has 4 nitrogen and oxygen atoms in total. The molecule has 0 amide bonds. The van der Waals surface area contributed by atoms with Crippen molar-refractivity contribution in [3.63, 3.8) is 0 Å². The Kier molecular flexibility index (Phi) is 28.5. The van der Waals surface area contributed by atoms with Gasteiger partial charge in [0.05, 0.1) is 0 Å². The highest BCUT2D eigenvalue weighted by molar-refractivity contribution is 8.76. The fourth-order valence-electron chi connectivity index (χ4n) is 7.69. The van der Waals surface area contributed by atoms with Crippen LogP contribution in [-0.4, -0.2) is 23.1 Å². The van der Waals surface area contributed by atoms with Crippen molar-refractivity contribution >= 4 is 161 Å². The number of hydrogen-bond acceptors (Lipinski definition) is 6. The second kappa shape index (κ2) is 30.5. The first-order valence-electron chi connectivity index (χ1n) is 16.8. The van der Waals surface area contributed by atoms with E-state index in [0.29, 0.717) is 24.0 Å². The first kappa shape index (κ1) is 50.6. The lowest BCUT2D eigenvalue weighted by Crippen LogP contribution is -2.42. The van der Waals surface area contributed by atoms with Crippen LogP contribution in [0.1, 0.15) is 71.6 Å². The lowest BCUT2D eigenvalue weighted by Gasteiger charge is -2.40. The molecule has 5 rings (SSSR count). The van der Waals surface area contributed by atoms with Gasteiger partial charge in [-0.05, 0) is 99.7 Å². The van der Waals surface area contributed by atoms with E-state index >= 15 is 0 Å². The molecule has 0 aromatic rings. The summed E-state index contributed by atoms with van der Waals surface area (Å²) < 4.78 is 0. The number of carbonyl (C=O) groups excluding carboxylic acids is 4. The van der Waals surface area contributed by atoms with Crippen LogP contribution in [0.15, 0.2) is 73.9 Å².